The number of ether oxygens (including phenoxy) is 2. The van der Waals surface area contributed by atoms with E-state index in [1.165, 1.54) is 14.2 Å². The molecule has 0 aliphatic carbocycles. The van der Waals surface area contributed by atoms with Crippen LogP contribution >= 0.6 is 12.4 Å². The predicted octanol–water partition coefficient (Wildman–Crippen LogP) is 2.81. The van der Waals surface area contributed by atoms with Crippen LogP contribution in [0.5, 0.6) is 11.5 Å². The number of benzene rings is 2. The minimum absolute atomic E-state index is 0. The van der Waals surface area contributed by atoms with Crippen LogP contribution in [-0.2, 0) is 0 Å². The zero-order valence-electron chi connectivity index (χ0n) is 16.6. The van der Waals surface area contributed by atoms with Crippen molar-refractivity contribution in [2.75, 3.05) is 45.7 Å². The molecule has 2 aromatic rings. The maximum atomic E-state index is 13.2. The number of nitrogens with one attached hydrogen (secondary N) is 2. The number of nitrogens with zero attached hydrogens (tertiary/aromatic N) is 1. The first kappa shape index (κ1) is 22.5. The van der Waals surface area contributed by atoms with E-state index in [0.717, 1.165) is 19.5 Å². The molecule has 7 nitrogen and oxygen atoms in total. The normalized spacial score (nSPS) is 13.7. The van der Waals surface area contributed by atoms with Crippen LogP contribution < -0.4 is 20.1 Å². The number of carbonyl (C=O) groups is 2. The third kappa shape index (κ3) is 5.40. The molecule has 0 atom stereocenters. The van der Waals surface area contributed by atoms with Gasteiger partial charge >= 0.3 is 0 Å². The molecule has 1 heterocycles. The van der Waals surface area contributed by atoms with Gasteiger partial charge in [0.15, 0.2) is 11.5 Å². The van der Waals surface area contributed by atoms with E-state index in [4.69, 9.17) is 9.47 Å². The molecule has 2 N–H and O–H groups in total. The summed E-state index contributed by atoms with van der Waals surface area (Å²) in [5.74, 6) is 0.448. The lowest BCUT2D eigenvalue weighted by molar-refractivity contribution is 0.0767. The van der Waals surface area contributed by atoms with E-state index in [1.54, 1.807) is 41.3 Å². The lowest BCUT2D eigenvalue weighted by Crippen LogP contribution is -2.34. The maximum Gasteiger partial charge on any atom is 0.256 e. The standard InChI is InChI=1S/C21H25N3O4.ClH/c1-27-18-13-16(21(26)24-11-6-9-22-10-12-24)17(14-19(18)28-2)23-20(25)15-7-4-3-5-8-15;/h3-5,7-8,13-14,22H,6,9-12H2,1-2H3,(H,23,25);1H. The van der Waals surface area contributed by atoms with Gasteiger partial charge in [-0.3, -0.25) is 9.59 Å². The van der Waals surface area contributed by atoms with Gasteiger partial charge < -0.3 is 25.0 Å². The number of carbonyl (C=O) groups excluding carboxylic acids is 2. The zero-order valence-corrected chi connectivity index (χ0v) is 17.4. The summed E-state index contributed by atoms with van der Waals surface area (Å²) in [7, 11) is 3.03. The van der Waals surface area contributed by atoms with Gasteiger partial charge in [0, 0.05) is 31.3 Å². The molecule has 0 spiro atoms. The van der Waals surface area contributed by atoms with Gasteiger partial charge in [0.25, 0.3) is 11.8 Å². The van der Waals surface area contributed by atoms with E-state index >= 15 is 0 Å². The summed E-state index contributed by atoms with van der Waals surface area (Å²) in [5.41, 5.74) is 1.28. The van der Waals surface area contributed by atoms with Crippen LogP contribution in [0.3, 0.4) is 0 Å². The monoisotopic (exact) mass is 419 g/mol. The molecule has 156 valence electrons. The Morgan fingerprint density at radius 1 is 1.00 bits per heavy atom. The van der Waals surface area contributed by atoms with Gasteiger partial charge in [0.05, 0.1) is 25.5 Å². The van der Waals surface area contributed by atoms with Crippen LogP contribution in [0.4, 0.5) is 5.69 Å². The van der Waals surface area contributed by atoms with Crippen molar-refractivity contribution in [1.82, 2.24) is 10.2 Å². The molecule has 3 rings (SSSR count). The van der Waals surface area contributed by atoms with Crippen LogP contribution in [0.25, 0.3) is 0 Å². The summed E-state index contributed by atoms with van der Waals surface area (Å²) in [6, 6.07) is 12.1. The van der Waals surface area contributed by atoms with Crippen LogP contribution in [0.15, 0.2) is 42.5 Å². The predicted molar refractivity (Wildman–Crippen MR) is 115 cm³/mol. The Kier molecular flexibility index (Phi) is 8.30. The summed E-state index contributed by atoms with van der Waals surface area (Å²) in [4.78, 5) is 27.7. The number of rotatable bonds is 5. The molecule has 1 saturated heterocycles. The fourth-order valence-corrected chi connectivity index (χ4v) is 3.16. The number of anilines is 1. The Bertz CT molecular complexity index is 837. The first-order valence-corrected chi connectivity index (χ1v) is 9.26. The second kappa shape index (κ2) is 10.7. The molecule has 29 heavy (non-hydrogen) atoms. The SMILES string of the molecule is COc1cc(NC(=O)c2ccccc2)c(C(=O)N2CCCNCC2)cc1OC.Cl. The molecule has 0 radical (unpaired) electrons. The third-order valence-electron chi connectivity index (χ3n) is 4.67. The van der Waals surface area contributed by atoms with E-state index in [2.05, 4.69) is 10.6 Å². The van der Waals surface area contributed by atoms with Crippen LogP contribution in [0, 0.1) is 0 Å². The molecule has 0 saturated carbocycles. The van der Waals surface area contributed by atoms with Crippen molar-refractivity contribution >= 4 is 29.9 Å². The van der Waals surface area contributed by atoms with Gasteiger partial charge in [0.2, 0.25) is 0 Å². The summed E-state index contributed by atoms with van der Waals surface area (Å²) < 4.78 is 10.7. The topological polar surface area (TPSA) is 79.9 Å². The zero-order chi connectivity index (χ0) is 19.9. The molecule has 0 aromatic heterocycles. The first-order chi connectivity index (χ1) is 13.6. The van der Waals surface area contributed by atoms with Crippen LogP contribution in [0.1, 0.15) is 27.1 Å². The van der Waals surface area contributed by atoms with Gasteiger partial charge in [-0.15, -0.1) is 12.4 Å². The average Bonchev–Trinajstić information content (AvgIpc) is 3.03. The summed E-state index contributed by atoms with van der Waals surface area (Å²) in [5, 5.41) is 6.14. The fraction of sp³-hybridized carbons (Fsp3) is 0.333. The Morgan fingerprint density at radius 3 is 2.38 bits per heavy atom. The van der Waals surface area contributed by atoms with E-state index in [-0.39, 0.29) is 24.2 Å². The number of methoxy groups -OCH3 is 2. The van der Waals surface area contributed by atoms with Gasteiger partial charge in [-0.1, -0.05) is 18.2 Å². The van der Waals surface area contributed by atoms with E-state index in [0.29, 0.717) is 41.4 Å². The van der Waals surface area contributed by atoms with Crippen molar-refractivity contribution < 1.29 is 19.1 Å². The number of halogens is 1. The number of hydrogen-bond acceptors (Lipinski definition) is 5. The number of hydrogen-bond donors (Lipinski definition) is 2. The Morgan fingerprint density at radius 2 is 1.69 bits per heavy atom. The van der Waals surface area contributed by atoms with Crippen molar-refractivity contribution in [2.45, 2.75) is 6.42 Å². The van der Waals surface area contributed by atoms with Crippen molar-refractivity contribution in [3.63, 3.8) is 0 Å². The summed E-state index contributed by atoms with van der Waals surface area (Å²) >= 11 is 0. The Labute approximate surface area is 176 Å². The molecule has 1 fully saturated rings. The highest BCUT2D eigenvalue weighted by Crippen LogP contribution is 2.34. The largest absolute Gasteiger partial charge is 0.493 e. The molecule has 1 aliphatic rings. The third-order valence-corrected chi connectivity index (χ3v) is 4.67. The van der Waals surface area contributed by atoms with Crippen LogP contribution in [-0.4, -0.2) is 57.1 Å². The second-order valence-corrected chi connectivity index (χ2v) is 6.47. The van der Waals surface area contributed by atoms with E-state index in [1.807, 2.05) is 6.07 Å². The smallest absolute Gasteiger partial charge is 0.256 e. The van der Waals surface area contributed by atoms with Gasteiger partial charge in [-0.25, -0.2) is 0 Å². The summed E-state index contributed by atoms with van der Waals surface area (Å²) in [6.45, 7) is 2.89. The lowest BCUT2D eigenvalue weighted by atomic mass is 10.1. The summed E-state index contributed by atoms with van der Waals surface area (Å²) in [6.07, 6.45) is 0.880. The first-order valence-electron chi connectivity index (χ1n) is 9.26. The van der Waals surface area contributed by atoms with Gasteiger partial charge in [-0.2, -0.15) is 0 Å². The highest BCUT2D eigenvalue weighted by molar-refractivity contribution is 6.09. The van der Waals surface area contributed by atoms with Crippen LogP contribution in [0.2, 0.25) is 0 Å². The second-order valence-electron chi connectivity index (χ2n) is 6.47. The molecular weight excluding hydrogens is 394 g/mol. The van der Waals surface area contributed by atoms with E-state index in [9.17, 15) is 9.59 Å². The Hall–Kier alpha value is -2.77. The molecule has 8 heteroatoms. The minimum Gasteiger partial charge on any atom is -0.493 e. The molecule has 1 aliphatic heterocycles. The fourth-order valence-electron chi connectivity index (χ4n) is 3.16. The lowest BCUT2D eigenvalue weighted by Gasteiger charge is -2.23. The molecular formula is C21H26ClN3O4. The average molecular weight is 420 g/mol. The van der Waals surface area contributed by atoms with Crippen molar-refractivity contribution in [2.24, 2.45) is 0 Å². The van der Waals surface area contributed by atoms with Crippen molar-refractivity contribution in [3.05, 3.63) is 53.6 Å². The highest BCUT2D eigenvalue weighted by atomic mass is 35.5. The molecule has 0 bridgehead atoms. The highest BCUT2D eigenvalue weighted by Gasteiger charge is 2.24. The van der Waals surface area contributed by atoms with Gasteiger partial charge in [-0.05, 0) is 31.2 Å². The van der Waals surface area contributed by atoms with Crippen molar-refractivity contribution in [1.29, 1.82) is 0 Å². The molecule has 2 aromatic carbocycles. The molecule has 2 amide bonds. The molecule has 0 unspecified atom stereocenters. The van der Waals surface area contributed by atoms with Crippen molar-refractivity contribution in [3.8, 4) is 11.5 Å². The Balaban J connectivity index is 0.00000300. The number of amides is 2. The quantitative estimate of drug-likeness (QED) is 0.779. The minimum atomic E-state index is -0.292. The van der Waals surface area contributed by atoms with Gasteiger partial charge in [0.1, 0.15) is 0 Å². The maximum absolute atomic E-state index is 13.2. The van der Waals surface area contributed by atoms with E-state index < -0.39 is 0 Å².